The predicted molar refractivity (Wildman–Crippen MR) is 123 cm³/mol. The molecule has 2 aliphatic heterocycles. The number of benzene rings is 2. The summed E-state index contributed by atoms with van der Waals surface area (Å²) in [5.41, 5.74) is 4.17. The Labute approximate surface area is 183 Å². The summed E-state index contributed by atoms with van der Waals surface area (Å²) in [6.45, 7) is 5.69. The number of ether oxygens (including phenoxy) is 1. The fraction of sp³-hybridized carbons (Fsp3) is 0.417. The average Bonchev–Trinajstić information content (AvgIpc) is 3.16. The van der Waals surface area contributed by atoms with Crippen LogP contribution in [-0.4, -0.2) is 55.7 Å². The van der Waals surface area contributed by atoms with Crippen LogP contribution in [0.25, 0.3) is 0 Å². The molecule has 0 bridgehead atoms. The number of methoxy groups -OCH3 is 1. The van der Waals surface area contributed by atoms with Crippen molar-refractivity contribution in [1.29, 1.82) is 0 Å². The number of aryl methyl sites for hydroxylation is 1. The Morgan fingerprint density at radius 1 is 1.23 bits per heavy atom. The van der Waals surface area contributed by atoms with Crippen LogP contribution < -0.4 is 16.0 Å². The monoisotopic (exact) mass is 421 g/mol. The van der Waals surface area contributed by atoms with Gasteiger partial charge in [0.05, 0.1) is 18.7 Å². The van der Waals surface area contributed by atoms with Crippen molar-refractivity contribution in [2.75, 3.05) is 38.7 Å². The van der Waals surface area contributed by atoms with E-state index in [9.17, 15) is 4.79 Å². The summed E-state index contributed by atoms with van der Waals surface area (Å²) >= 11 is 0. The van der Waals surface area contributed by atoms with Gasteiger partial charge in [0.25, 0.3) is 0 Å². The number of nitrogens with zero attached hydrogens (tertiary/aromatic N) is 2. The molecule has 7 nitrogen and oxygen atoms in total. The minimum Gasteiger partial charge on any atom is -0.383 e. The molecule has 0 aliphatic carbocycles. The molecule has 3 N–H and O–H groups in total. The Morgan fingerprint density at radius 2 is 2.03 bits per heavy atom. The third-order valence-electron chi connectivity index (χ3n) is 6.03. The van der Waals surface area contributed by atoms with Gasteiger partial charge in [0.15, 0.2) is 0 Å². The van der Waals surface area contributed by atoms with Crippen LogP contribution in [-0.2, 0) is 17.8 Å². The van der Waals surface area contributed by atoms with Crippen molar-refractivity contribution in [1.82, 2.24) is 15.5 Å². The van der Waals surface area contributed by atoms with Gasteiger partial charge in [0.2, 0.25) is 0 Å². The van der Waals surface area contributed by atoms with Crippen LogP contribution in [0.2, 0.25) is 0 Å². The molecule has 31 heavy (non-hydrogen) atoms. The number of carbonyl (C=O) groups is 1. The third-order valence-corrected chi connectivity index (χ3v) is 6.03. The van der Waals surface area contributed by atoms with Crippen molar-refractivity contribution in [3.63, 3.8) is 0 Å². The molecule has 2 aromatic carbocycles. The second-order valence-electron chi connectivity index (χ2n) is 8.26. The number of rotatable bonds is 5. The number of amides is 2. The van der Waals surface area contributed by atoms with E-state index in [4.69, 9.17) is 9.73 Å². The molecule has 0 unspecified atom stereocenters. The van der Waals surface area contributed by atoms with Gasteiger partial charge in [-0.2, -0.15) is 0 Å². The predicted octanol–water partition coefficient (Wildman–Crippen LogP) is 2.91. The van der Waals surface area contributed by atoms with Crippen LogP contribution in [0, 0.1) is 6.92 Å². The summed E-state index contributed by atoms with van der Waals surface area (Å²) in [6, 6.07) is 16.4. The standard InChI is InChI=1S/C24H31N5O2/c1-18-7-9-19(10-8-18)15-26-23(30)29-13-11-24(17-29)22(25-12-14-31-2)28-21-6-4-3-5-20(21)16-27-24/h3-10,27H,11-17H2,1-2H3,(H,25,28)(H,26,30)/t24-/m0/s1. The number of nitrogens with one attached hydrogen (secondary N) is 3. The molecule has 7 heteroatoms. The van der Waals surface area contributed by atoms with Crippen molar-refractivity contribution in [3.8, 4) is 0 Å². The number of carbonyl (C=O) groups excluding carboxylic acids is 1. The SMILES string of the molecule is COCCN=C1Nc2ccccc2CN[C@]12CCN(C(=O)NCc1ccc(C)cc1)C2. The zero-order valence-corrected chi connectivity index (χ0v) is 18.3. The molecule has 1 fully saturated rings. The molecule has 2 aromatic rings. The molecule has 1 spiro atoms. The summed E-state index contributed by atoms with van der Waals surface area (Å²) < 4.78 is 5.20. The summed E-state index contributed by atoms with van der Waals surface area (Å²) in [4.78, 5) is 19.6. The van der Waals surface area contributed by atoms with Gasteiger partial charge in [0, 0.05) is 39.0 Å². The first-order chi connectivity index (χ1) is 15.1. The maximum Gasteiger partial charge on any atom is 0.317 e. The summed E-state index contributed by atoms with van der Waals surface area (Å²) in [7, 11) is 1.68. The van der Waals surface area contributed by atoms with Crippen LogP contribution in [0.1, 0.15) is 23.1 Å². The topological polar surface area (TPSA) is 78.0 Å². The Balaban J connectivity index is 1.47. The molecule has 1 atom stereocenters. The van der Waals surface area contributed by atoms with E-state index in [0.717, 1.165) is 30.1 Å². The molecule has 2 heterocycles. The van der Waals surface area contributed by atoms with Gasteiger partial charge in [-0.15, -0.1) is 0 Å². The highest BCUT2D eigenvalue weighted by Crippen LogP contribution is 2.29. The van der Waals surface area contributed by atoms with Crippen LogP contribution >= 0.6 is 0 Å². The van der Waals surface area contributed by atoms with Crippen molar-refractivity contribution in [3.05, 3.63) is 65.2 Å². The van der Waals surface area contributed by atoms with Crippen molar-refractivity contribution >= 4 is 17.6 Å². The second kappa shape index (κ2) is 9.49. The van der Waals surface area contributed by atoms with Gasteiger partial charge < -0.3 is 20.3 Å². The maximum absolute atomic E-state index is 12.9. The van der Waals surface area contributed by atoms with Crippen molar-refractivity contribution < 1.29 is 9.53 Å². The van der Waals surface area contributed by atoms with E-state index in [-0.39, 0.29) is 6.03 Å². The number of fused-ring (bicyclic) bond motifs is 1. The second-order valence-corrected chi connectivity index (χ2v) is 8.26. The fourth-order valence-corrected chi connectivity index (χ4v) is 4.15. The molecular formula is C24H31N5O2. The number of likely N-dealkylation sites (tertiary alicyclic amines) is 1. The summed E-state index contributed by atoms with van der Waals surface area (Å²) in [5, 5.41) is 10.3. The smallest absolute Gasteiger partial charge is 0.317 e. The van der Waals surface area contributed by atoms with Gasteiger partial charge in [0.1, 0.15) is 5.84 Å². The molecule has 2 amide bonds. The van der Waals surface area contributed by atoms with E-state index >= 15 is 0 Å². The lowest BCUT2D eigenvalue weighted by molar-refractivity contribution is 0.205. The minimum absolute atomic E-state index is 0.0442. The molecule has 2 aliphatic rings. The lowest BCUT2D eigenvalue weighted by Crippen LogP contribution is -2.56. The highest BCUT2D eigenvalue weighted by atomic mass is 16.5. The van der Waals surface area contributed by atoms with Crippen LogP contribution in [0.4, 0.5) is 10.5 Å². The van der Waals surface area contributed by atoms with Crippen molar-refractivity contribution in [2.24, 2.45) is 4.99 Å². The van der Waals surface area contributed by atoms with Crippen LogP contribution in [0.3, 0.4) is 0 Å². The van der Waals surface area contributed by atoms with E-state index in [2.05, 4.69) is 59.3 Å². The normalized spacial score (nSPS) is 21.6. The first-order valence-electron chi connectivity index (χ1n) is 10.8. The number of urea groups is 1. The number of amidine groups is 1. The first-order valence-corrected chi connectivity index (χ1v) is 10.8. The number of aliphatic imine (C=N–C) groups is 1. The molecule has 0 aromatic heterocycles. The van der Waals surface area contributed by atoms with E-state index < -0.39 is 5.54 Å². The molecule has 4 rings (SSSR count). The van der Waals surface area contributed by atoms with E-state index in [1.165, 1.54) is 11.1 Å². The van der Waals surface area contributed by atoms with E-state index in [0.29, 0.717) is 32.8 Å². The Hall–Kier alpha value is -2.90. The Kier molecular flexibility index (Phi) is 6.53. The van der Waals surface area contributed by atoms with Crippen molar-refractivity contribution in [2.45, 2.75) is 32.0 Å². The summed E-state index contributed by atoms with van der Waals surface area (Å²) in [6.07, 6.45) is 0.803. The quantitative estimate of drug-likeness (QED) is 0.649. The van der Waals surface area contributed by atoms with Gasteiger partial charge in [-0.25, -0.2) is 4.79 Å². The highest BCUT2D eigenvalue weighted by molar-refractivity contribution is 6.04. The van der Waals surface area contributed by atoms with E-state index in [1.807, 2.05) is 17.0 Å². The minimum atomic E-state index is -0.395. The van der Waals surface area contributed by atoms with Gasteiger partial charge in [-0.05, 0) is 30.5 Å². The largest absolute Gasteiger partial charge is 0.383 e. The van der Waals surface area contributed by atoms with Gasteiger partial charge >= 0.3 is 6.03 Å². The zero-order valence-electron chi connectivity index (χ0n) is 18.3. The lowest BCUT2D eigenvalue weighted by atomic mass is 9.96. The fourth-order valence-electron chi connectivity index (χ4n) is 4.15. The number of hydrogen-bond donors (Lipinski definition) is 3. The maximum atomic E-state index is 12.9. The van der Waals surface area contributed by atoms with Gasteiger partial charge in [-0.1, -0.05) is 48.0 Å². The van der Waals surface area contributed by atoms with Gasteiger partial charge in [-0.3, -0.25) is 10.3 Å². The first kappa shape index (κ1) is 21.3. The average molecular weight is 422 g/mol. The van der Waals surface area contributed by atoms with Crippen LogP contribution in [0.5, 0.6) is 0 Å². The number of para-hydroxylation sites is 1. The number of anilines is 1. The third kappa shape index (κ3) is 4.89. The molecule has 0 saturated carbocycles. The molecule has 0 radical (unpaired) electrons. The molecule has 164 valence electrons. The zero-order chi connectivity index (χ0) is 21.7. The lowest BCUT2D eigenvalue weighted by Gasteiger charge is -2.30. The van der Waals surface area contributed by atoms with E-state index in [1.54, 1.807) is 7.11 Å². The number of hydrogen-bond acceptors (Lipinski definition) is 4. The molecular weight excluding hydrogens is 390 g/mol. The Morgan fingerprint density at radius 3 is 2.84 bits per heavy atom. The van der Waals surface area contributed by atoms with Crippen LogP contribution in [0.15, 0.2) is 53.5 Å². The summed E-state index contributed by atoms with van der Waals surface area (Å²) in [5.74, 6) is 0.878. The Bertz CT molecular complexity index is 943. The highest BCUT2D eigenvalue weighted by Gasteiger charge is 2.45. The molecule has 1 saturated heterocycles.